The Morgan fingerprint density at radius 3 is 2.58 bits per heavy atom. The third-order valence-corrected chi connectivity index (χ3v) is 6.81. The highest BCUT2D eigenvalue weighted by atomic mass is 32.1. The first-order valence-electron chi connectivity index (χ1n) is 10.3. The minimum atomic E-state index is -0.782. The van der Waals surface area contributed by atoms with Crippen molar-refractivity contribution in [3.63, 3.8) is 0 Å². The van der Waals surface area contributed by atoms with E-state index in [0.717, 1.165) is 11.1 Å². The summed E-state index contributed by atoms with van der Waals surface area (Å²) < 4.78 is 14.6. The monoisotopic (exact) mass is 462 g/mol. The van der Waals surface area contributed by atoms with E-state index in [1.54, 1.807) is 17.5 Å². The highest BCUT2D eigenvalue weighted by molar-refractivity contribution is 7.17. The molecule has 4 aromatic rings. The smallest absolute Gasteiger partial charge is 0.263 e. The second kappa shape index (κ2) is 8.25. The van der Waals surface area contributed by atoms with Crippen molar-refractivity contribution in [3.8, 4) is 11.1 Å². The van der Waals surface area contributed by atoms with Crippen molar-refractivity contribution < 1.29 is 14.0 Å². The SMILES string of the molecule is NC(=O)C1Cc2ccccc2CN1C(=O)Cn1cnc2scc(-c3ccc(F)cc3)c2c1=O. The van der Waals surface area contributed by atoms with E-state index in [2.05, 4.69) is 4.98 Å². The van der Waals surface area contributed by atoms with Gasteiger partial charge >= 0.3 is 0 Å². The fourth-order valence-corrected chi connectivity index (χ4v) is 5.10. The second-order valence-corrected chi connectivity index (χ2v) is 8.78. The number of hydrogen-bond acceptors (Lipinski definition) is 5. The van der Waals surface area contributed by atoms with Crippen LogP contribution < -0.4 is 11.3 Å². The summed E-state index contributed by atoms with van der Waals surface area (Å²) in [7, 11) is 0. The predicted octanol–water partition coefficient (Wildman–Crippen LogP) is 2.70. The van der Waals surface area contributed by atoms with Gasteiger partial charge in [0.25, 0.3) is 5.56 Å². The van der Waals surface area contributed by atoms with Crippen LogP contribution >= 0.6 is 11.3 Å². The second-order valence-electron chi connectivity index (χ2n) is 7.93. The summed E-state index contributed by atoms with van der Waals surface area (Å²) in [6, 6.07) is 12.7. The fourth-order valence-electron chi connectivity index (χ4n) is 4.20. The Bertz CT molecular complexity index is 1440. The molecule has 0 saturated heterocycles. The number of rotatable bonds is 4. The number of amides is 2. The van der Waals surface area contributed by atoms with Crippen molar-refractivity contribution in [2.75, 3.05) is 0 Å². The maximum Gasteiger partial charge on any atom is 0.263 e. The van der Waals surface area contributed by atoms with Crippen LogP contribution in [0.15, 0.2) is 65.0 Å². The van der Waals surface area contributed by atoms with Gasteiger partial charge in [-0.1, -0.05) is 36.4 Å². The van der Waals surface area contributed by atoms with Crippen LogP contribution in [0.1, 0.15) is 11.1 Å². The molecule has 2 N–H and O–H groups in total. The first-order valence-corrected chi connectivity index (χ1v) is 11.2. The van der Waals surface area contributed by atoms with E-state index in [0.29, 0.717) is 27.8 Å². The molecule has 0 spiro atoms. The van der Waals surface area contributed by atoms with Crippen LogP contribution in [0.5, 0.6) is 0 Å². The zero-order chi connectivity index (χ0) is 23.1. The van der Waals surface area contributed by atoms with Crippen molar-refractivity contribution in [1.29, 1.82) is 0 Å². The van der Waals surface area contributed by atoms with Gasteiger partial charge in [-0.3, -0.25) is 19.0 Å². The van der Waals surface area contributed by atoms with E-state index in [1.165, 1.54) is 39.3 Å². The summed E-state index contributed by atoms with van der Waals surface area (Å²) in [5.74, 6) is -1.35. The number of primary amides is 1. The van der Waals surface area contributed by atoms with Crippen LogP contribution in [-0.2, 0) is 29.1 Å². The van der Waals surface area contributed by atoms with E-state index in [1.807, 2.05) is 24.3 Å². The summed E-state index contributed by atoms with van der Waals surface area (Å²) in [5.41, 5.74) is 8.47. The van der Waals surface area contributed by atoms with Crippen LogP contribution in [0.4, 0.5) is 4.39 Å². The first-order chi connectivity index (χ1) is 15.9. The standard InChI is InChI=1S/C24H19FN4O3S/c25-17-7-5-14(6-8-17)18-12-33-23-21(18)24(32)28(13-27-23)11-20(30)29-10-16-4-2-1-3-15(16)9-19(29)22(26)31/h1-8,12-13,19H,9-11H2,(H2,26,31). The molecule has 1 aliphatic heterocycles. The van der Waals surface area contributed by atoms with E-state index in [4.69, 9.17) is 5.73 Å². The summed E-state index contributed by atoms with van der Waals surface area (Å²) in [6.07, 6.45) is 1.67. The molecule has 1 atom stereocenters. The molecule has 33 heavy (non-hydrogen) atoms. The van der Waals surface area contributed by atoms with Crippen LogP contribution in [-0.4, -0.2) is 32.3 Å². The lowest BCUT2D eigenvalue weighted by Gasteiger charge is -2.35. The molecule has 0 fully saturated rings. The highest BCUT2D eigenvalue weighted by Gasteiger charge is 2.33. The molecule has 7 nitrogen and oxygen atoms in total. The minimum absolute atomic E-state index is 0.242. The highest BCUT2D eigenvalue weighted by Crippen LogP contribution is 2.30. The van der Waals surface area contributed by atoms with Crippen molar-refractivity contribution >= 4 is 33.4 Å². The third-order valence-electron chi connectivity index (χ3n) is 5.92. The number of thiophene rings is 1. The normalized spacial score (nSPS) is 15.4. The van der Waals surface area contributed by atoms with Crippen molar-refractivity contribution in [3.05, 3.63) is 87.5 Å². The molecule has 0 saturated carbocycles. The lowest BCUT2D eigenvalue weighted by Crippen LogP contribution is -2.52. The van der Waals surface area contributed by atoms with Crippen LogP contribution in [0, 0.1) is 5.82 Å². The molecule has 2 amide bonds. The number of halogens is 1. The maximum absolute atomic E-state index is 13.3. The lowest BCUT2D eigenvalue weighted by molar-refractivity contribution is -0.141. The van der Waals surface area contributed by atoms with Gasteiger partial charge in [0.05, 0.1) is 11.7 Å². The molecule has 166 valence electrons. The number of nitrogens with two attached hydrogens (primary N) is 1. The minimum Gasteiger partial charge on any atom is -0.368 e. The molecule has 0 aliphatic carbocycles. The van der Waals surface area contributed by atoms with Gasteiger partial charge in [-0.2, -0.15) is 0 Å². The van der Waals surface area contributed by atoms with Gasteiger partial charge in [-0.15, -0.1) is 11.3 Å². The Hall–Kier alpha value is -3.85. The third kappa shape index (κ3) is 3.80. The van der Waals surface area contributed by atoms with Gasteiger partial charge in [-0.05, 0) is 28.8 Å². The van der Waals surface area contributed by atoms with Gasteiger partial charge in [0, 0.05) is 23.9 Å². The number of carbonyl (C=O) groups excluding carboxylic acids is 2. The lowest BCUT2D eigenvalue weighted by atomic mass is 9.93. The van der Waals surface area contributed by atoms with Gasteiger partial charge < -0.3 is 10.6 Å². The Kier molecular flexibility index (Phi) is 5.26. The molecule has 2 aromatic carbocycles. The number of aromatic nitrogens is 2. The fraction of sp³-hybridized carbons (Fsp3) is 0.167. The molecule has 2 aromatic heterocycles. The molecular formula is C24H19FN4O3S. The number of benzene rings is 2. The molecule has 0 radical (unpaired) electrons. The average Bonchev–Trinajstić information content (AvgIpc) is 3.25. The van der Waals surface area contributed by atoms with Gasteiger partial charge in [-0.25, -0.2) is 9.37 Å². The summed E-state index contributed by atoms with van der Waals surface area (Å²) >= 11 is 1.30. The average molecular weight is 463 g/mol. The molecule has 1 unspecified atom stereocenters. The van der Waals surface area contributed by atoms with Crippen molar-refractivity contribution in [1.82, 2.24) is 14.5 Å². The first kappa shape index (κ1) is 21.0. The Labute approximate surface area is 191 Å². The Morgan fingerprint density at radius 1 is 1.12 bits per heavy atom. The Morgan fingerprint density at radius 2 is 1.85 bits per heavy atom. The van der Waals surface area contributed by atoms with Gasteiger partial charge in [0.1, 0.15) is 23.2 Å². The molecule has 1 aliphatic rings. The van der Waals surface area contributed by atoms with E-state index in [9.17, 15) is 18.8 Å². The van der Waals surface area contributed by atoms with E-state index < -0.39 is 17.9 Å². The van der Waals surface area contributed by atoms with Crippen molar-refractivity contribution in [2.24, 2.45) is 5.73 Å². The van der Waals surface area contributed by atoms with E-state index in [-0.39, 0.29) is 24.5 Å². The van der Waals surface area contributed by atoms with Crippen LogP contribution in [0.25, 0.3) is 21.3 Å². The topological polar surface area (TPSA) is 98.3 Å². The van der Waals surface area contributed by atoms with Gasteiger partial charge in [0.15, 0.2) is 0 Å². The zero-order valence-corrected chi connectivity index (χ0v) is 18.2. The largest absolute Gasteiger partial charge is 0.368 e. The summed E-state index contributed by atoms with van der Waals surface area (Å²) in [6.45, 7) is -0.0290. The van der Waals surface area contributed by atoms with Crippen molar-refractivity contribution in [2.45, 2.75) is 25.6 Å². The predicted molar refractivity (Wildman–Crippen MR) is 123 cm³/mol. The summed E-state index contributed by atoms with van der Waals surface area (Å²) in [5, 5.41) is 2.17. The number of hydrogen-bond donors (Lipinski definition) is 1. The molecule has 5 rings (SSSR count). The van der Waals surface area contributed by atoms with Crippen LogP contribution in [0.3, 0.4) is 0 Å². The van der Waals surface area contributed by atoms with E-state index >= 15 is 0 Å². The quantitative estimate of drug-likeness (QED) is 0.504. The van der Waals surface area contributed by atoms with Crippen LogP contribution in [0.2, 0.25) is 0 Å². The Balaban J connectivity index is 1.49. The number of nitrogens with zero attached hydrogens (tertiary/aromatic N) is 3. The molecular weight excluding hydrogens is 443 g/mol. The number of fused-ring (bicyclic) bond motifs is 2. The number of carbonyl (C=O) groups is 2. The van der Waals surface area contributed by atoms with Gasteiger partial charge in [0.2, 0.25) is 11.8 Å². The maximum atomic E-state index is 13.3. The molecule has 9 heteroatoms. The molecule has 3 heterocycles. The summed E-state index contributed by atoms with van der Waals surface area (Å²) in [4.78, 5) is 44.9. The zero-order valence-electron chi connectivity index (χ0n) is 17.4. The molecule has 0 bridgehead atoms.